The third-order valence-corrected chi connectivity index (χ3v) is 3.11. The van der Waals surface area contributed by atoms with Crippen LogP contribution in [0.4, 0.5) is 0 Å². The summed E-state index contributed by atoms with van der Waals surface area (Å²) >= 11 is 0. The van der Waals surface area contributed by atoms with Crippen LogP contribution >= 0.6 is 0 Å². The van der Waals surface area contributed by atoms with Gasteiger partial charge in [0, 0.05) is 17.6 Å². The van der Waals surface area contributed by atoms with Crippen molar-refractivity contribution in [2.75, 3.05) is 6.54 Å². The summed E-state index contributed by atoms with van der Waals surface area (Å²) in [5, 5.41) is 18.8. The first kappa shape index (κ1) is 14.5. The molecule has 1 aromatic rings. The summed E-state index contributed by atoms with van der Waals surface area (Å²) in [6.45, 7) is 7.73. The van der Waals surface area contributed by atoms with Crippen molar-refractivity contribution in [3.8, 4) is 5.75 Å². The second-order valence-corrected chi connectivity index (χ2v) is 4.90. The van der Waals surface area contributed by atoms with Crippen molar-refractivity contribution in [1.29, 1.82) is 0 Å². The third kappa shape index (κ3) is 3.47. The normalized spacial score (nSPS) is 13.0. The fraction of sp³-hybridized carbons (Fsp3) is 0.500. The number of phenols is 1. The molecular formula is C14H21NO3. The predicted octanol–water partition coefficient (Wildman–Crippen LogP) is 2.56. The molecular weight excluding hydrogens is 230 g/mol. The molecule has 0 radical (unpaired) electrons. The van der Waals surface area contributed by atoms with Crippen molar-refractivity contribution in [2.24, 2.45) is 0 Å². The van der Waals surface area contributed by atoms with Crippen molar-refractivity contribution < 1.29 is 15.0 Å². The Morgan fingerprint density at radius 1 is 1.33 bits per heavy atom. The molecule has 0 heterocycles. The van der Waals surface area contributed by atoms with E-state index in [0.29, 0.717) is 0 Å². The van der Waals surface area contributed by atoms with Gasteiger partial charge in [0.2, 0.25) is 0 Å². The molecule has 0 saturated carbocycles. The summed E-state index contributed by atoms with van der Waals surface area (Å²) in [5.41, 5.74) is 1.82. The second-order valence-electron chi connectivity index (χ2n) is 4.90. The lowest BCUT2D eigenvalue weighted by Gasteiger charge is -2.32. The topological polar surface area (TPSA) is 60.8 Å². The highest BCUT2D eigenvalue weighted by Gasteiger charge is 2.23. The smallest absolute Gasteiger partial charge is 0.317 e. The van der Waals surface area contributed by atoms with Crippen LogP contribution in [-0.4, -0.2) is 33.7 Å². The molecule has 0 aliphatic heterocycles. The Hall–Kier alpha value is -1.55. The van der Waals surface area contributed by atoms with Gasteiger partial charge in [-0.05, 0) is 33.8 Å². The van der Waals surface area contributed by atoms with Gasteiger partial charge in [0.15, 0.2) is 0 Å². The molecule has 1 atom stereocenters. The molecule has 0 fully saturated rings. The lowest BCUT2D eigenvalue weighted by molar-refractivity contribution is -0.139. The number of nitrogens with zero attached hydrogens (tertiary/aromatic N) is 1. The van der Waals surface area contributed by atoms with Gasteiger partial charge in [-0.2, -0.15) is 0 Å². The van der Waals surface area contributed by atoms with Crippen LogP contribution in [0.25, 0.3) is 0 Å². The number of phenolic OH excluding ortho intramolecular Hbond substituents is 1. The Morgan fingerprint density at radius 2 is 1.94 bits per heavy atom. The zero-order valence-corrected chi connectivity index (χ0v) is 11.3. The molecule has 2 N–H and O–H groups in total. The minimum Gasteiger partial charge on any atom is -0.508 e. The van der Waals surface area contributed by atoms with E-state index < -0.39 is 5.97 Å². The van der Waals surface area contributed by atoms with Crippen molar-refractivity contribution in [1.82, 2.24) is 4.90 Å². The summed E-state index contributed by atoms with van der Waals surface area (Å²) in [4.78, 5) is 12.7. The van der Waals surface area contributed by atoms with Crippen LogP contribution in [0.15, 0.2) is 18.2 Å². The number of rotatable bonds is 5. The molecule has 1 unspecified atom stereocenters. The minimum atomic E-state index is -0.859. The summed E-state index contributed by atoms with van der Waals surface area (Å²) < 4.78 is 0. The van der Waals surface area contributed by atoms with E-state index in [0.717, 1.165) is 11.1 Å². The second kappa shape index (κ2) is 5.87. The van der Waals surface area contributed by atoms with Gasteiger partial charge < -0.3 is 10.2 Å². The average Bonchev–Trinajstić information content (AvgIpc) is 2.27. The van der Waals surface area contributed by atoms with E-state index in [2.05, 4.69) is 0 Å². The quantitative estimate of drug-likeness (QED) is 0.844. The van der Waals surface area contributed by atoms with Gasteiger partial charge in [0.05, 0.1) is 6.54 Å². The van der Waals surface area contributed by atoms with Crippen molar-refractivity contribution in [2.45, 2.75) is 39.8 Å². The molecule has 0 aliphatic rings. The van der Waals surface area contributed by atoms with E-state index in [-0.39, 0.29) is 24.4 Å². The van der Waals surface area contributed by atoms with E-state index in [1.807, 2.05) is 44.7 Å². The van der Waals surface area contributed by atoms with Gasteiger partial charge in [-0.25, -0.2) is 0 Å². The van der Waals surface area contributed by atoms with Crippen LogP contribution in [0.5, 0.6) is 5.75 Å². The highest BCUT2D eigenvalue weighted by Crippen LogP contribution is 2.30. The monoisotopic (exact) mass is 251 g/mol. The van der Waals surface area contributed by atoms with Gasteiger partial charge in [-0.3, -0.25) is 9.69 Å². The van der Waals surface area contributed by atoms with Crippen LogP contribution < -0.4 is 0 Å². The van der Waals surface area contributed by atoms with E-state index in [9.17, 15) is 9.90 Å². The fourth-order valence-electron chi connectivity index (χ4n) is 2.11. The number of carboxylic acids is 1. The maximum atomic E-state index is 10.9. The SMILES string of the molecule is Cc1ccc(O)c(C(C)N(CC(=O)O)C(C)C)c1. The Morgan fingerprint density at radius 3 is 2.44 bits per heavy atom. The highest BCUT2D eigenvalue weighted by molar-refractivity contribution is 5.69. The van der Waals surface area contributed by atoms with Crippen molar-refractivity contribution >= 4 is 5.97 Å². The molecule has 4 nitrogen and oxygen atoms in total. The molecule has 0 saturated heterocycles. The van der Waals surface area contributed by atoms with Crippen LogP contribution in [0.2, 0.25) is 0 Å². The Kier molecular flexibility index (Phi) is 4.73. The van der Waals surface area contributed by atoms with E-state index in [1.165, 1.54) is 0 Å². The molecule has 0 amide bonds. The van der Waals surface area contributed by atoms with Gasteiger partial charge in [-0.1, -0.05) is 17.7 Å². The number of aryl methyl sites for hydroxylation is 1. The number of hydrogen-bond acceptors (Lipinski definition) is 3. The van der Waals surface area contributed by atoms with Crippen LogP contribution in [0, 0.1) is 6.92 Å². The molecule has 18 heavy (non-hydrogen) atoms. The van der Waals surface area contributed by atoms with Crippen LogP contribution in [0.3, 0.4) is 0 Å². The predicted molar refractivity (Wildman–Crippen MR) is 70.7 cm³/mol. The van der Waals surface area contributed by atoms with Gasteiger partial charge in [0.25, 0.3) is 0 Å². The molecule has 100 valence electrons. The number of aliphatic carboxylic acids is 1. The van der Waals surface area contributed by atoms with Gasteiger partial charge in [0.1, 0.15) is 5.75 Å². The zero-order chi connectivity index (χ0) is 13.9. The lowest BCUT2D eigenvalue weighted by Crippen LogP contribution is -2.37. The van der Waals surface area contributed by atoms with Crippen molar-refractivity contribution in [3.05, 3.63) is 29.3 Å². The van der Waals surface area contributed by atoms with Gasteiger partial charge >= 0.3 is 5.97 Å². The van der Waals surface area contributed by atoms with E-state index in [4.69, 9.17) is 5.11 Å². The largest absolute Gasteiger partial charge is 0.508 e. The van der Waals surface area contributed by atoms with Crippen molar-refractivity contribution in [3.63, 3.8) is 0 Å². The number of carbonyl (C=O) groups is 1. The maximum absolute atomic E-state index is 10.9. The Labute approximate surface area is 108 Å². The number of hydrogen-bond donors (Lipinski definition) is 2. The first-order chi connectivity index (χ1) is 8.32. The summed E-state index contributed by atoms with van der Waals surface area (Å²) in [6.07, 6.45) is 0. The lowest BCUT2D eigenvalue weighted by atomic mass is 10.0. The minimum absolute atomic E-state index is 0.0355. The number of aromatic hydroxyl groups is 1. The van der Waals surface area contributed by atoms with E-state index in [1.54, 1.807) is 6.07 Å². The molecule has 0 aliphatic carbocycles. The van der Waals surface area contributed by atoms with Gasteiger partial charge in [-0.15, -0.1) is 0 Å². The first-order valence-corrected chi connectivity index (χ1v) is 6.10. The average molecular weight is 251 g/mol. The van der Waals surface area contributed by atoms with Crippen LogP contribution in [-0.2, 0) is 4.79 Å². The molecule has 1 aromatic carbocycles. The third-order valence-electron chi connectivity index (χ3n) is 3.11. The molecule has 1 rings (SSSR count). The molecule has 4 heteroatoms. The number of carboxylic acid groups (broad SMARTS) is 1. The molecule has 0 spiro atoms. The Bertz CT molecular complexity index is 429. The highest BCUT2D eigenvalue weighted by atomic mass is 16.4. The summed E-state index contributed by atoms with van der Waals surface area (Å²) in [6, 6.07) is 5.34. The molecule has 0 aromatic heterocycles. The first-order valence-electron chi connectivity index (χ1n) is 6.10. The van der Waals surface area contributed by atoms with E-state index >= 15 is 0 Å². The standard InChI is InChI=1S/C14H21NO3/c1-9(2)15(8-14(17)18)11(4)12-7-10(3)5-6-13(12)16/h5-7,9,11,16H,8H2,1-4H3,(H,17,18). The maximum Gasteiger partial charge on any atom is 0.317 e. The zero-order valence-electron chi connectivity index (χ0n) is 11.3. The number of benzene rings is 1. The molecule has 0 bridgehead atoms. The van der Waals surface area contributed by atoms with Crippen LogP contribution in [0.1, 0.15) is 37.9 Å². The fourth-order valence-corrected chi connectivity index (χ4v) is 2.11. The summed E-state index contributed by atoms with van der Waals surface area (Å²) in [5.74, 6) is -0.646. The Balaban J connectivity index is 3.04. The summed E-state index contributed by atoms with van der Waals surface area (Å²) in [7, 11) is 0.